The van der Waals surface area contributed by atoms with Gasteiger partial charge in [0.2, 0.25) is 0 Å². The molecule has 6 heteroatoms. The number of likely N-dealkylation sites (tertiary alicyclic amines) is 1. The van der Waals surface area contributed by atoms with Crippen molar-refractivity contribution in [3.05, 3.63) is 11.6 Å². The van der Waals surface area contributed by atoms with E-state index in [2.05, 4.69) is 27.4 Å². The van der Waals surface area contributed by atoms with E-state index in [1.54, 1.807) is 6.20 Å². The van der Waals surface area contributed by atoms with E-state index in [9.17, 15) is 4.79 Å². The number of hydrogen-bond acceptors (Lipinski definition) is 4. The zero-order chi connectivity index (χ0) is 12.8. The summed E-state index contributed by atoms with van der Waals surface area (Å²) in [6, 6.07) is 0.289. The predicted octanol–water partition coefficient (Wildman–Crippen LogP) is 2.14. The van der Waals surface area contributed by atoms with Crippen LogP contribution in [0.25, 0.3) is 0 Å². The number of urea groups is 1. The Bertz CT molecular complexity index is 362. The van der Waals surface area contributed by atoms with Gasteiger partial charge in [-0.2, -0.15) is 0 Å². The first-order valence-corrected chi connectivity index (χ1v) is 7.36. The maximum absolute atomic E-state index is 11.7. The number of aromatic nitrogens is 1. The number of hydrogen-bond donors (Lipinski definition) is 2. The van der Waals surface area contributed by atoms with Crippen LogP contribution in [0.3, 0.4) is 0 Å². The van der Waals surface area contributed by atoms with Crippen molar-refractivity contribution in [1.82, 2.24) is 15.2 Å². The zero-order valence-corrected chi connectivity index (χ0v) is 11.5. The summed E-state index contributed by atoms with van der Waals surface area (Å²) in [7, 11) is 0. The first kappa shape index (κ1) is 13.3. The lowest BCUT2D eigenvalue weighted by atomic mass is 10.2. The maximum atomic E-state index is 11.7. The number of rotatable bonds is 5. The van der Waals surface area contributed by atoms with Crippen LogP contribution < -0.4 is 10.6 Å². The van der Waals surface area contributed by atoms with Crippen molar-refractivity contribution in [3.63, 3.8) is 0 Å². The molecular formula is C12H20N4OS. The van der Waals surface area contributed by atoms with Gasteiger partial charge < -0.3 is 5.32 Å². The summed E-state index contributed by atoms with van der Waals surface area (Å²) < 4.78 is 0. The van der Waals surface area contributed by atoms with Crippen LogP contribution in [0.4, 0.5) is 9.93 Å². The first-order chi connectivity index (χ1) is 8.79. The monoisotopic (exact) mass is 268 g/mol. The highest BCUT2D eigenvalue weighted by molar-refractivity contribution is 7.13. The number of nitrogens with zero attached hydrogens (tertiary/aromatic N) is 2. The van der Waals surface area contributed by atoms with E-state index in [-0.39, 0.29) is 6.03 Å². The largest absolute Gasteiger partial charge is 0.336 e. The average Bonchev–Trinajstić information content (AvgIpc) is 3.02. The minimum Gasteiger partial charge on any atom is -0.336 e. The molecule has 100 valence electrons. The highest BCUT2D eigenvalue weighted by Crippen LogP contribution is 2.13. The van der Waals surface area contributed by atoms with Crippen molar-refractivity contribution < 1.29 is 4.79 Å². The van der Waals surface area contributed by atoms with Crippen molar-refractivity contribution in [3.8, 4) is 0 Å². The summed E-state index contributed by atoms with van der Waals surface area (Å²) in [5.41, 5.74) is 0. The van der Waals surface area contributed by atoms with E-state index in [1.807, 2.05) is 5.38 Å². The Kier molecular flexibility index (Phi) is 4.95. The molecule has 1 unspecified atom stereocenters. The summed E-state index contributed by atoms with van der Waals surface area (Å²) in [5.74, 6) is 0. The summed E-state index contributed by atoms with van der Waals surface area (Å²) >= 11 is 1.42. The fourth-order valence-electron chi connectivity index (χ4n) is 2.28. The fourth-order valence-corrected chi connectivity index (χ4v) is 2.80. The molecule has 1 saturated heterocycles. The average molecular weight is 268 g/mol. The molecule has 0 spiro atoms. The van der Waals surface area contributed by atoms with E-state index in [0.717, 1.165) is 19.5 Å². The third kappa shape index (κ3) is 3.68. The lowest BCUT2D eigenvalue weighted by molar-refractivity contribution is 0.222. The quantitative estimate of drug-likeness (QED) is 0.860. The molecule has 2 N–H and O–H groups in total. The van der Waals surface area contributed by atoms with Crippen LogP contribution in [0, 0.1) is 0 Å². The van der Waals surface area contributed by atoms with Gasteiger partial charge >= 0.3 is 6.03 Å². The van der Waals surface area contributed by atoms with Crippen LogP contribution in [0.15, 0.2) is 11.6 Å². The minimum atomic E-state index is -0.164. The van der Waals surface area contributed by atoms with Crippen molar-refractivity contribution in [2.24, 2.45) is 0 Å². The van der Waals surface area contributed by atoms with Gasteiger partial charge in [0.25, 0.3) is 0 Å². The molecule has 0 radical (unpaired) electrons. The zero-order valence-electron chi connectivity index (χ0n) is 10.7. The lowest BCUT2D eigenvalue weighted by Crippen LogP contribution is -2.43. The van der Waals surface area contributed by atoms with Gasteiger partial charge in [-0.15, -0.1) is 11.3 Å². The molecule has 1 aliphatic heterocycles. The molecule has 18 heavy (non-hydrogen) atoms. The molecular weight excluding hydrogens is 248 g/mol. The van der Waals surface area contributed by atoms with Gasteiger partial charge in [0.15, 0.2) is 5.13 Å². The van der Waals surface area contributed by atoms with Gasteiger partial charge in [0, 0.05) is 24.2 Å². The maximum Gasteiger partial charge on any atom is 0.321 e. The number of nitrogens with one attached hydrogen (secondary N) is 2. The molecule has 0 bridgehead atoms. The fraction of sp³-hybridized carbons (Fsp3) is 0.667. The Hall–Kier alpha value is -1.14. The molecule has 2 rings (SSSR count). The van der Waals surface area contributed by atoms with Crippen LogP contribution in [-0.2, 0) is 0 Å². The Balaban J connectivity index is 1.73. The van der Waals surface area contributed by atoms with E-state index >= 15 is 0 Å². The number of carbonyl (C=O) groups excluding carboxylic acids is 1. The second-order valence-corrected chi connectivity index (χ2v) is 5.37. The number of amides is 2. The van der Waals surface area contributed by atoms with Gasteiger partial charge in [-0.3, -0.25) is 10.2 Å². The van der Waals surface area contributed by atoms with Crippen molar-refractivity contribution in [2.75, 3.05) is 25.0 Å². The molecule has 0 saturated carbocycles. The normalized spacial score (nSPS) is 17.6. The highest BCUT2D eigenvalue weighted by Gasteiger charge is 2.20. The minimum absolute atomic E-state index is 0.164. The van der Waals surface area contributed by atoms with Crippen LogP contribution >= 0.6 is 11.3 Å². The molecule has 1 aromatic heterocycles. The van der Waals surface area contributed by atoms with E-state index in [4.69, 9.17) is 0 Å². The van der Waals surface area contributed by atoms with Gasteiger partial charge in [0.05, 0.1) is 0 Å². The Morgan fingerprint density at radius 2 is 2.33 bits per heavy atom. The lowest BCUT2D eigenvalue weighted by Gasteiger charge is -2.26. The number of carbonyl (C=O) groups is 1. The van der Waals surface area contributed by atoms with Crippen LogP contribution in [0.1, 0.15) is 26.2 Å². The molecule has 1 fully saturated rings. The predicted molar refractivity (Wildman–Crippen MR) is 74.0 cm³/mol. The van der Waals surface area contributed by atoms with Crippen LogP contribution in [0.5, 0.6) is 0 Å². The van der Waals surface area contributed by atoms with Crippen LogP contribution in [0.2, 0.25) is 0 Å². The smallest absolute Gasteiger partial charge is 0.321 e. The molecule has 0 aliphatic carbocycles. The third-order valence-corrected chi connectivity index (χ3v) is 3.97. The second kappa shape index (κ2) is 6.70. The van der Waals surface area contributed by atoms with Gasteiger partial charge in [-0.25, -0.2) is 9.78 Å². The Morgan fingerprint density at radius 1 is 1.56 bits per heavy atom. The molecule has 2 heterocycles. The number of anilines is 1. The van der Waals surface area contributed by atoms with Crippen LogP contribution in [-0.4, -0.2) is 41.6 Å². The van der Waals surface area contributed by atoms with E-state index in [1.165, 1.54) is 24.2 Å². The molecule has 0 aromatic carbocycles. The van der Waals surface area contributed by atoms with E-state index < -0.39 is 0 Å². The van der Waals surface area contributed by atoms with Crippen molar-refractivity contribution in [2.45, 2.75) is 32.2 Å². The Morgan fingerprint density at radius 3 is 2.94 bits per heavy atom. The first-order valence-electron chi connectivity index (χ1n) is 6.48. The highest BCUT2D eigenvalue weighted by atomic mass is 32.1. The van der Waals surface area contributed by atoms with Crippen molar-refractivity contribution in [1.29, 1.82) is 0 Å². The molecule has 2 amide bonds. The molecule has 1 aromatic rings. The molecule has 1 aliphatic rings. The SMILES string of the molecule is CCC(CNC(=O)Nc1nccs1)N1CCCC1. The summed E-state index contributed by atoms with van der Waals surface area (Å²) in [4.78, 5) is 18.2. The van der Waals surface area contributed by atoms with Gasteiger partial charge in [-0.1, -0.05) is 6.92 Å². The second-order valence-electron chi connectivity index (χ2n) is 4.48. The molecule has 1 atom stereocenters. The summed E-state index contributed by atoms with van der Waals surface area (Å²) in [6.45, 7) is 5.19. The van der Waals surface area contributed by atoms with Gasteiger partial charge in [-0.05, 0) is 32.4 Å². The number of thiazole rings is 1. The van der Waals surface area contributed by atoms with E-state index in [0.29, 0.717) is 17.7 Å². The summed E-state index contributed by atoms with van der Waals surface area (Å²) in [5, 5.41) is 8.14. The topological polar surface area (TPSA) is 57.3 Å². The Labute approximate surface area is 112 Å². The van der Waals surface area contributed by atoms with Gasteiger partial charge in [0.1, 0.15) is 0 Å². The van der Waals surface area contributed by atoms with Crippen molar-refractivity contribution >= 4 is 22.5 Å². The third-order valence-electron chi connectivity index (χ3n) is 3.28. The molecule has 5 nitrogen and oxygen atoms in total. The standard InChI is InChI=1S/C12H20N4OS/c1-2-10(16-6-3-4-7-16)9-14-11(17)15-12-13-5-8-18-12/h5,8,10H,2-4,6-7,9H2,1H3,(H2,13,14,15,17). The summed E-state index contributed by atoms with van der Waals surface area (Å²) in [6.07, 6.45) is 5.31.